The molecule has 12 heteroatoms. The first-order valence-electron chi connectivity index (χ1n) is 18.4. The average Bonchev–Trinajstić information content (AvgIpc) is 3.56. The molecule has 0 aliphatic carbocycles. The van der Waals surface area contributed by atoms with E-state index in [1.807, 2.05) is 133 Å². The molecule has 57 heavy (non-hydrogen) atoms. The fourth-order valence-corrected chi connectivity index (χ4v) is 9.97. The first kappa shape index (κ1) is 40.2. The Hall–Kier alpha value is -4.97. The minimum atomic E-state index is -1.16. The third-order valence-corrected chi connectivity index (χ3v) is 13.1. The molecule has 2 heterocycles. The summed E-state index contributed by atoms with van der Waals surface area (Å²) in [7, 11) is 3.24. The number of nitrogens with zero attached hydrogens (tertiary/aromatic N) is 2. The third-order valence-electron chi connectivity index (χ3n) is 9.98. The van der Waals surface area contributed by atoms with Gasteiger partial charge in [0.15, 0.2) is 0 Å². The van der Waals surface area contributed by atoms with Crippen molar-refractivity contribution in [3.05, 3.63) is 199 Å². The maximum atomic E-state index is 14.1. The maximum absolute atomic E-state index is 14.1. The van der Waals surface area contributed by atoms with Crippen LogP contribution in [-0.4, -0.2) is 62.2 Å². The van der Waals surface area contributed by atoms with Gasteiger partial charge in [-0.15, -0.1) is 0 Å². The summed E-state index contributed by atoms with van der Waals surface area (Å²) >= 11 is 6.04. The van der Waals surface area contributed by atoms with Gasteiger partial charge in [-0.3, -0.25) is 0 Å². The van der Waals surface area contributed by atoms with Crippen molar-refractivity contribution in [2.75, 3.05) is 20.8 Å². The predicted molar refractivity (Wildman–Crippen MR) is 219 cm³/mol. The Morgan fingerprint density at radius 3 is 1.96 bits per heavy atom. The summed E-state index contributed by atoms with van der Waals surface area (Å²) in [5, 5.41) is 13.4. The molecule has 1 saturated heterocycles. The van der Waals surface area contributed by atoms with Crippen LogP contribution in [0.2, 0.25) is 9.84 Å². The molecule has 7 rings (SSSR count). The zero-order valence-electron chi connectivity index (χ0n) is 31.5. The predicted octanol–water partition coefficient (Wildman–Crippen LogP) is 6.81. The van der Waals surface area contributed by atoms with Gasteiger partial charge in [-0.2, -0.15) is 0 Å². The fraction of sp³-hybridized carbons (Fsp3) is 0.244. The summed E-state index contributed by atoms with van der Waals surface area (Å²) in [6, 6.07) is 43.7. The topological polar surface area (TPSA) is 110 Å². The van der Waals surface area contributed by atoms with Gasteiger partial charge in [0.1, 0.15) is 0 Å². The van der Waals surface area contributed by atoms with Crippen molar-refractivity contribution in [3.8, 4) is 11.5 Å². The van der Waals surface area contributed by atoms with Gasteiger partial charge in [-0.25, -0.2) is 0 Å². The first-order chi connectivity index (χ1) is 27.8. The number of methoxy groups -OCH3 is 2. The third kappa shape index (κ3) is 8.96. The molecule has 0 unspecified atom stereocenters. The molecule has 1 aliphatic rings. The van der Waals surface area contributed by atoms with Crippen LogP contribution in [0, 0.1) is 0 Å². The van der Waals surface area contributed by atoms with Crippen molar-refractivity contribution in [2.45, 2.75) is 47.5 Å². The van der Waals surface area contributed by atoms with Gasteiger partial charge in [-0.1, -0.05) is 0 Å². The normalized spacial score (nSPS) is 18.0. The Morgan fingerprint density at radius 1 is 0.754 bits per heavy atom. The Labute approximate surface area is 342 Å². The van der Waals surface area contributed by atoms with E-state index in [0.29, 0.717) is 21.8 Å². The summed E-state index contributed by atoms with van der Waals surface area (Å²) in [5.74, 6) is 1.38. The van der Waals surface area contributed by atoms with Crippen LogP contribution in [0.3, 0.4) is 0 Å². The molecule has 6 aromatic rings. The summed E-state index contributed by atoms with van der Waals surface area (Å²) < 4.78 is 33.1. The van der Waals surface area contributed by atoms with E-state index < -0.39 is 40.1 Å². The molecule has 1 fully saturated rings. The van der Waals surface area contributed by atoms with Crippen molar-refractivity contribution in [1.29, 1.82) is 0 Å². The number of aromatic nitrogens is 2. The van der Waals surface area contributed by atoms with Crippen LogP contribution in [0.4, 0.5) is 0 Å². The van der Waals surface area contributed by atoms with Crippen LogP contribution in [0.5, 0.6) is 11.5 Å². The number of rotatable bonds is 16. The molecule has 4 atom stereocenters. The number of hydrogen-bond donors (Lipinski definition) is 1. The second-order valence-corrected chi connectivity index (χ2v) is 16.4. The zero-order chi connectivity index (χ0) is 39.8. The molecule has 10 nitrogen and oxygen atoms in total. The van der Waals surface area contributed by atoms with Gasteiger partial charge in [0, 0.05) is 0 Å². The molecule has 0 saturated carbocycles. The van der Waals surface area contributed by atoms with Crippen molar-refractivity contribution in [2.24, 2.45) is 0 Å². The zero-order valence-corrected chi connectivity index (χ0v) is 33.9. The molecule has 0 radical (unpaired) electrons. The van der Waals surface area contributed by atoms with E-state index in [4.69, 9.17) is 35.3 Å². The van der Waals surface area contributed by atoms with E-state index in [2.05, 4.69) is 0 Å². The quantitative estimate of drug-likeness (QED) is 0.0836. The average molecular weight is 854 g/mol. The van der Waals surface area contributed by atoms with Gasteiger partial charge in [0.05, 0.1) is 0 Å². The summed E-state index contributed by atoms with van der Waals surface area (Å²) in [6.45, 7) is -0.0869. The van der Waals surface area contributed by atoms with Crippen LogP contribution in [0.25, 0.3) is 0 Å². The molecule has 1 aromatic heterocycles. The monoisotopic (exact) mass is 854 g/mol. The number of aliphatic hydroxyl groups excluding tert-OH is 1. The van der Waals surface area contributed by atoms with Crippen LogP contribution in [0.1, 0.15) is 34.0 Å². The molecule has 294 valence electrons. The Morgan fingerprint density at radius 2 is 1.35 bits per heavy atom. The number of benzene rings is 5. The minimum absolute atomic E-state index is 0.0526. The molecular weight excluding hydrogens is 811 g/mol. The standard InChI is InChI=1S/C45H43ClN2O8Se/c1-52-37-20-16-34(17-21-37)45(33-13-7-4-8-14-33,35-18-22-38(53-2)23-19-35)55-28-39-41(50)42(57-29-32-12-9-15-36(46)26-32)43(56-39)47-25-24-40(49)48(44(47)51)30-54-27-31-10-5-3-6-11-31/h3-26,39,41-43,50H,27-30H2,1-2H3/t39-,41-,42-,43-/m1/s1. The van der Waals surface area contributed by atoms with Crippen LogP contribution in [0.15, 0.2) is 155 Å². The molecule has 1 aliphatic heterocycles. The molecular formula is C45H43ClN2O8Se. The molecule has 1 N–H and O–H groups in total. The number of hydrogen-bond acceptors (Lipinski definition) is 8. The van der Waals surface area contributed by atoms with Crippen molar-refractivity contribution in [3.63, 3.8) is 0 Å². The first-order valence-corrected chi connectivity index (χ1v) is 21.0. The van der Waals surface area contributed by atoms with Crippen LogP contribution < -0.4 is 20.7 Å². The van der Waals surface area contributed by atoms with Crippen molar-refractivity contribution >= 4 is 26.6 Å². The molecule has 0 bridgehead atoms. The second kappa shape index (κ2) is 18.5. The van der Waals surface area contributed by atoms with Gasteiger partial charge < -0.3 is 0 Å². The number of ether oxygens (including phenoxy) is 5. The van der Waals surface area contributed by atoms with E-state index in [0.717, 1.165) is 32.4 Å². The number of aliphatic hydroxyl groups is 1. The number of halogens is 1. The Kier molecular flexibility index (Phi) is 13.1. The summed E-state index contributed by atoms with van der Waals surface area (Å²) in [4.78, 5) is 26.6. The van der Waals surface area contributed by atoms with Gasteiger partial charge >= 0.3 is 344 Å². The van der Waals surface area contributed by atoms with Crippen molar-refractivity contribution < 1.29 is 28.8 Å². The van der Waals surface area contributed by atoms with E-state index in [-0.39, 0.29) is 34.9 Å². The van der Waals surface area contributed by atoms with Gasteiger partial charge in [0.25, 0.3) is 0 Å². The summed E-state index contributed by atoms with van der Waals surface area (Å²) in [6.07, 6.45) is -1.36. The van der Waals surface area contributed by atoms with Crippen molar-refractivity contribution in [1.82, 2.24) is 9.13 Å². The van der Waals surface area contributed by atoms with Crippen LogP contribution in [-0.2, 0) is 38.5 Å². The van der Waals surface area contributed by atoms with E-state index in [1.165, 1.54) is 16.8 Å². The Bertz CT molecular complexity index is 2290. The van der Waals surface area contributed by atoms with Crippen LogP contribution >= 0.6 is 11.6 Å². The van der Waals surface area contributed by atoms with E-state index in [9.17, 15) is 14.7 Å². The van der Waals surface area contributed by atoms with Gasteiger partial charge in [0.2, 0.25) is 0 Å². The summed E-state index contributed by atoms with van der Waals surface area (Å²) in [5.41, 5.74) is 2.14. The van der Waals surface area contributed by atoms with E-state index >= 15 is 0 Å². The molecule has 0 spiro atoms. The van der Waals surface area contributed by atoms with Gasteiger partial charge in [-0.05, 0) is 0 Å². The fourth-order valence-electron chi connectivity index (χ4n) is 7.03. The van der Waals surface area contributed by atoms with E-state index in [1.54, 1.807) is 14.2 Å². The SMILES string of the molecule is COc1ccc(C(OC[C@H]2O[C@@H](n3ccc(=O)n(COCc4ccccc4)c3=O)[C@H]([Se]Cc3cccc(Cl)c3)[C@@H]2O)(c2ccccc2)c2ccc(OC)cc2)cc1. The molecule has 0 amide bonds. The Balaban J connectivity index is 1.24. The molecule has 5 aromatic carbocycles. The second-order valence-electron chi connectivity index (χ2n) is 13.5.